The number of aliphatic carboxylic acids is 1. The molecule has 0 aliphatic heterocycles. The summed E-state index contributed by atoms with van der Waals surface area (Å²) in [5, 5.41) is 27.4. The van der Waals surface area contributed by atoms with Gasteiger partial charge in [0.15, 0.2) is 0 Å². The molecule has 3 aromatic carbocycles. The number of aromatic amines is 1. The molecule has 0 atom stereocenters. The molecule has 0 amide bonds. The number of H-pyrrole nitrogens is 1. The van der Waals surface area contributed by atoms with Gasteiger partial charge in [-0.25, -0.2) is 0 Å². The summed E-state index contributed by atoms with van der Waals surface area (Å²) in [6.45, 7) is 0.651. The lowest BCUT2D eigenvalue weighted by atomic mass is 9.97. The van der Waals surface area contributed by atoms with Crippen molar-refractivity contribution in [3.8, 4) is 39.7 Å². The number of fused-ring (bicyclic) bond motifs is 1. The van der Waals surface area contributed by atoms with Gasteiger partial charge in [0.05, 0.1) is 23.0 Å². The van der Waals surface area contributed by atoms with Gasteiger partial charge in [-0.2, -0.15) is 10.4 Å². The van der Waals surface area contributed by atoms with Crippen molar-refractivity contribution in [2.75, 3.05) is 0 Å². The molecule has 166 valence electrons. The van der Waals surface area contributed by atoms with Gasteiger partial charge in [-0.15, -0.1) is 0 Å². The number of carboxylic acid groups (broad SMARTS) is 1. The second-order valence-corrected chi connectivity index (χ2v) is 8.15. The summed E-state index contributed by atoms with van der Waals surface area (Å²) in [7, 11) is 0. The summed E-state index contributed by atoms with van der Waals surface area (Å²) in [5.41, 5.74) is 7.11. The second-order valence-electron chi connectivity index (χ2n) is 8.15. The van der Waals surface area contributed by atoms with Gasteiger partial charge in [0.1, 0.15) is 0 Å². The van der Waals surface area contributed by atoms with Crippen LogP contribution in [-0.4, -0.2) is 25.8 Å². The Bertz CT molecular complexity index is 1520. The van der Waals surface area contributed by atoms with Gasteiger partial charge in [-0.3, -0.25) is 9.89 Å². The summed E-state index contributed by atoms with van der Waals surface area (Å²) in [4.78, 5) is 10.8. The van der Waals surface area contributed by atoms with Crippen molar-refractivity contribution in [2.24, 2.45) is 0 Å². The van der Waals surface area contributed by atoms with Gasteiger partial charge < -0.3 is 9.67 Å². The lowest BCUT2D eigenvalue weighted by Crippen LogP contribution is -2.00. The minimum atomic E-state index is -0.779. The summed E-state index contributed by atoms with van der Waals surface area (Å²) < 4.78 is 2.08. The first-order chi connectivity index (χ1) is 16.6. The molecule has 5 aromatic rings. The van der Waals surface area contributed by atoms with Crippen LogP contribution in [-0.2, 0) is 11.3 Å². The van der Waals surface area contributed by atoms with Gasteiger partial charge in [0, 0.05) is 41.2 Å². The Balaban J connectivity index is 1.46. The fourth-order valence-corrected chi connectivity index (χ4v) is 4.33. The van der Waals surface area contributed by atoms with Crippen molar-refractivity contribution in [2.45, 2.75) is 19.4 Å². The van der Waals surface area contributed by atoms with Crippen molar-refractivity contribution < 1.29 is 9.90 Å². The highest BCUT2D eigenvalue weighted by Crippen LogP contribution is 2.32. The standard InChI is InChI=1S/C28H22N4O2/c29-18-21-16-20(11-12-22(21)19-6-2-1-3-7-19)25-17-26(31-30-25)23-8-4-9-27-24(23)13-15-32(27)14-5-10-28(33)34/h1-4,6-9,11-13,15-17H,5,10,14H2,(H,30,31)(H,33,34). The number of nitriles is 1. The van der Waals surface area contributed by atoms with Crippen LogP contribution in [0.5, 0.6) is 0 Å². The molecule has 0 bridgehead atoms. The molecule has 0 spiro atoms. The molecule has 6 nitrogen and oxygen atoms in total. The zero-order valence-corrected chi connectivity index (χ0v) is 18.4. The molecular formula is C28H22N4O2. The van der Waals surface area contributed by atoms with Crippen LogP contribution in [0.25, 0.3) is 44.5 Å². The Morgan fingerprint density at radius 3 is 2.62 bits per heavy atom. The van der Waals surface area contributed by atoms with Crippen LogP contribution in [0.1, 0.15) is 18.4 Å². The van der Waals surface area contributed by atoms with Crippen LogP contribution in [0.4, 0.5) is 0 Å². The predicted molar refractivity (Wildman–Crippen MR) is 132 cm³/mol. The SMILES string of the molecule is N#Cc1cc(-c2cc(-c3cccc4c3ccn4CCCC(=O)O)[nH]n2)ccc1-c1ccccc1. The molecular weight excluding hydrogens is 424 g/mol. The van der Waals surface area contributed by atoms with Crippen molar-refractivity contribution in [1.29, 1.82) is 5.26 Å². The van der Waals surface area contributed by atoms with Gasteiger partial charge in [-0.1, -0.05) is 54.6 Å². The molecule has 2 aromatic heterocycles. The largest absolute Gasteiger partial charge is 0.481 e. The molecule has 5 rings (SSSR count). The fourth-order valence-electron chi connectivity index (χ4n) is 4.33. The Hall–Kier alpha value is -4.63. The molecule has 2 N–H and O–H groups in total. The maximum Gasteiger partial charge on any atom is 0.303 e. The van der Waals surface area contributed by atoms with E-state index in [2.05, 4.69) is 20.8 Å². The van der Waals surface area contributed by atoms with E-state index in [1.54, 1.807) is 0 Å². The highest BCUT2D eigenvalue weighted by Gasteiger charge is 2.13. The Morgan fingerprint density at radius 1 is 0.971 bits per heavy atom. The van der Waals surface area contributed by atoms with Crippen LogP contribution in [0.2, 0.25) is 0 Å². The number of benzene rings is 3. The van der Waals surface area contributed by atoms with E-state index in [0.29, 0.717) is 18.5 Å². The van der Waals surface area contributed by atoms with E-state index in [1.165, 1.54) is 0 Å². The number of carboxylic acids is 1. The Labute approximate surface area is 196 Å². The minimum absolute atomic E-state index is 0.150. The van der Waals surface area contributed by atoms with E-state index in [9.17, 15) is 10.1 Å². The Morgan fingerprint density at radius 2 is 1.82 bits per heavy atom. The van der Waals surface area contributed by atoms with Gasteiger partial charge in [-0.05, 0) is 41.8 Å². The van der Waals surface area contributed by atoms with E-state index in [-0.39, 0.29) is 6.42 Å². The van der Waals surface area contributed by atoms with Crippen LogP contribution < -0.4 is 0 Å². The third-order valence-electron chi connectivity index (χ3n) is 5.99. The molecule has 0 unspecified atom stereocenters. The molecule has 0 aliphatic carbocycles. The summed E-state index contributed by atoms with van der Waals surface area (Å²) in [5.74, 6) is -0.779. The normalized spacial score (nSPS) is 10.9. The van der Waals surface area contributed by atoms with E-state index in [0.717, 1.165) is 44.5 Å². The summed E-state index contributed by atoms with van der Waals surface area (Å²) in [6, 6.07) is 28.1. The molecule has 34 heavy (non-hydrogen) atoms. The number of hydrogen-bond acceptors (Lipinski definition) is 3. The first-order valence-electron chi connectivity index (χ1n) is 11.1. The highest BCUT2D eigenvalue weighted by atomic mass is 16.4. The van der Waals surface area contributed by atoms with Crippen molar-refractivity contribution in [3.63, 3.8) is 0 Å². The van der Waals surface area contributed by atoms with E-state index in [4.69, 9.17) is 5.11 Å². The van der Waals surface area contributed by atoms with E-state index < -0.39 is 5.97 Å². The quantitative estimate of drug-likeness (QED) is 0.316. The molecule has 0 fully saturated rings. The molecule has 6 heteroatoms. The topological polar surface area (TPSA) is 94.7 Å². The van der Waals surface area contributed by atoms with Crippen molar-refractivity contribution in [3.05, 3.63) is 90.6 Å². The molecule has 0 saturated heterocycles. The third kappa shape index (κ3) is 4.07. The zero-order chi connectivity index (χ0) is 23.5. The smallest absolute Gasteiger partial charge is 0.303 e. The van der Waals surface area contributed by atoms with Gasteiger partial charge in [0.2, 0.25) is 0 Å². The number of aryl methyl sites for hydroxylation is 1. The lowest BCUT2D eigenvalue weighted by molar-refractivity contribution is -0.137. The number of aromatic nitrogens is 3. The Kier molecular flexibility index (Phi) is 5.67. The molecule has 0 aliphatic rings. The number of hydrogen-bond donors (Lipinski definition) is 2. The first-order valence-corrected chi connectivity index (χ1v) is 11.1. The highest BCUT2D eigenvalue weighted by molar-refractivity contribution is 5.95. The second kappa shape index (κ2) is 9.08. The van der Waals surface area contributed by atoms with Crippen LogP contribution in [0, 0.1) is 11.3 Å². The monoisotopic (exact) mass is 446 g/mol. The third-order valence-corrected chi connectivity index (χ3v) is 5.99. The van der Waals surface area contributed by atoms with Crippen LogP contribution in [0.3, 0.4) is 0 Å². The number of carbonyl (C=O) groups is 1. The van der Waals surface area contributed by atoms with Crippen molar-refractivity contribution >= 4 is 16.9 Å². The maximum absolute atomic E-state index is 10.8. The predicted octanol–water partition coefficient (Wildman–Crippen LogP) is 6.10. The van der Waals surface area contributed by atoms with Gasteiger partial charge in [0.25, 0.3) is 0 Å². The van der Waals surface area contributed by atoms with E-state index >= 15 is 0 Å². The molecule has 0 radical (unpaired) electrons. The average molecular weight is 447 g/mol. The number of nitrogens with one attached hydrogen (secondary N) is 1. The first kappa shape index (κ1) is 21.2. The van der Waals surface area contributed by atoms with Crippen molar-refractivity contribution in [1.82, 2.24) is 14.8 Å². The fraction of sp³-hybridized carbons (Fsp3) is 0.107. The summed E-state index contributed by atoms with van der Waals surface area (Å²) >= 11 is 0. The molecule has 2 heterocycles. The van der Waals surface area contributed by atoms with Crippen LogP contribution >= 0.6 is 0 Å². The van der Waals surface area contributed by atoms with E-state index in [1.807, 2.05) is 85.1 Å². The lowest BCUT2D eigenvalue weighted by Gasteiger charge is -2.06. The van der Waals surface area contributed by atoms with Gasteiger partial charge >= 0.3 is 5.97 Å². The number of rotatable bonds is 7. The minimum Gasteiger partial charge on any atom is -0.481 e. The number of nitrogens with zero attached hydrogens (tertiary/aromatic N) is 3. The average Bonchev–Trinajstić information content (AvgIpc) is 3.52. The summed E-state index contributed by atoms with van der Waals surface area (Å²) in [6.07, 6.45) is 2.73. The zero-order valence-electron chi connectivity index (χ0n) is 18.4. The molecule has 0 saturated carbocycles. The maximum atomic E-state index is 10.8. The van der Waals surface area contributed by atoms with Crippen LogP contribution in [0.15, 0.2) is 85.1 Å².